The van der Waals surface area contributed by atoms with Gasteiger partial charge < -0.3 is 14.4 Å². The van der Waals surface area contributed by atoms with Gasteiger partial charge in [0, 0.05) is 17.1 Å². The maximum Gasteiger partial charge on any atom is 0.0721 e. The summed E-state index contributed by atoms with van der Waals surface area (Å²) < 4.78 is 11.2. The fourth-order valence-electron chi connectivity index (χ4n) is 3.88. The molecule has 3 heteroatoms. The minimum absolute atomic E-state index is 0.546. The molecule has 0 aliphatic carbocycles. The van der Waals surface area contributed by atoms with Crippen LogP contribution in [-0.2, 0) is 22.7 Å². The van der Waals surface area contributed by atoms with E-state index < -0.39 is 0 Å². The van der Waals surface area contributed by atoms with Gasteiger partial charge in [-0.15, -0.1) is 13.2 Å². The molecule has 0 N–H and O–H groups in total. The van der Waals surface area contributed by atoms with E-state index in [1.807, 2.05) is 6.07 Å². The summed E-state index contributed by atoms with van der Waals surface area (Å²) in [6.07, 6.45) is 3.53. The summed E-state index contributed by atoms with van der Waals surface area (Å²) in [4.78, 5) is 2.26. The zero-order chi connectivity index (χ0) is 24.3. The average Bonchev–Trinajstić information content (AvgIpc) is 2.92. The smallest absolute Gasteiger partial charge is 0.0721 e. The van der Waals surface area contributed by atoms with E-state index in [0.29, 0.717) is 26.4 Å². The van der Waals surface area contributed by atoms with E-state index >= 15 is 0 Å². The Labute approximate surface area is 208 Å². The fourth-order valence-corrected chi connectivity index (χ4v) is 3.88. The van der Waals surface area contributed by atoms with Gasteiger partial charge in [-0.3, -0.25) is 0 Å². The molecule has 0 spiro atoms. The predicted molar refractivity (Wildman–Crippen MR) is 146 cm³/mol. The molecule has 0 fully saturated rings. The van der Waals surface area contributed by atoms with Crippen molar-refractivity contribution < 1.29 is 9.47 Å². The average molecular weight is 462 g/mol. The Morgan fingerprint density at radius 2 is 0.914 bits per heavy atom. The topological polar surface area (TPSA) is 21.7 Å². The van der Waals surface area contributed by atoms with Crippen LogP contribution in [0.25, 0.3) is 11.1 Å². The Balaban J connectivity index is 1.63. The lowest BCUT2D eigenvalue weighted by Crippen LogP contribution is -2.10. The van der Waals surface area contributed by atoms with Gasteiger partial charge in [-0.25, -0.2) is 0 Å². The number of nitrogens with zero attached hydrogens (tertiary/aromatic N) is 1. The third-order valence-electron chi connectivity index (χ3n) is 5.63. The van der Waals surface area contributed by atoms with Crippen LogP contribution in [0.5, 0.6) is 0 Å². The van der Waals surface area contributed by atoms with Crippen molar-refractivity contribution in [2.45, 2.75) is 13.2 Å². The molecule has 0 saturated heterocycles. The molecule has 4 aromatic rings. The molecule has 0 heterocycles. The number of rotatable bonds is 12. The number of ether oxygens (including phenoxy) is 2. The van der Waals surface area contributed by atoms with Crippen molar-refractivity contribution in [1.29, 1.82) is 0 Å². The maximum atomic E-state index is 5.60. The molecule has 35 heavy (non-hydrogen) atoms. The van der Waals surface area contributed by atoms with E-state index in [0.717, 1.165) is 28.2 Å². The van der Waals surface area contributed by atoms with Crippen molar-refractivity contribution in [2.75, 3.05) is 18.1 Å². The van der Waals surface area contributed by atoms with Crippen LogP contribution in [0, 0.1) is 0 Å². The first-order valence-electron chi connectivity index (χ1n) is 11.8. The van der Waals surface area contributed by atoms with Gasteiger partial charge in [-0.1, -0.05) is 78.9 Å². The molecule has 0 aromatic heterocycles. The van der Waals surface area contributed by atoms with Gasteiger partial charge in [0.25, 0.3) is 0 Å². The van der Waals surface area contributed by atoms with Gasteiger partial charge in [0.1, 0.15) is 0 Å². The maximum absolute atomic E-state index is 5.60. The number of hydrogen-bond acceptors (Lipinski definition) is 3. The van der Waals surface area contributed by atoms with Gasteiger partial charge in [0.05, 0.1) is 26.4 Å². The largest absolute Gasteiger partial charge is 0.373 e. The second-order valence-corrected chi connectivity index (χ2v) is 8.19. The lowest BCUT2D eigenvalue weighted by atomic mass is 10.0. The van der Waals surface area contributed by atoms with Gasteiger partial charge in [-0.05, 0) is 58.7 Å². The van der Waals surface area contributed by atoms with Crippen molar-refractivity contribution in [1.82, 2.24) is 0 Å². The standard InChI is InChI=1S/C32H31NO2/c1-3-22-34-24-26-10-16-30(17-11-26)33(31-18-12-27(13-19-31)25-35-23-4-2)32-20-14-29(15-21-32)28-8-6-5-7-9-28/h3-21H,1-2,22-25H2. The minimum Gasteiger partial charge on any atom is -0.373 e. The number of anilines is 3. The molecule has 0 atom stereocenters. The molecule has 0 unspecified atom stereocenters. The second kappa shape index (κ2) is 12.5. The summed E-state index contributed by atoms with van der Waals surface area (Å²) in [5.74, 6) is 0. The van der Waals surface area contributed by atoms with E-state index in [9.17, 15) is 0 Å². The van der Waals surface area contributed by atoms with Crippen molar-refractivity contribution in [3.63, 3.8) is 0 Å². The fraction of sp³-hybridized carbons (Fsp3) is 0.125. The highest BCUT2D eigenvalue weighted by molar-refractivity contribution is 5.78. The highest BCUT2D eigenvalue weighted by Gasteiger charge is 2.13. The lowest BCUT2D eigenvalue weighted by molar-refractivity contribution is 0.149. The van der Waals surface area contributed by atoms with Gasteiger partial charge in [0.2, 0.25) is 0 Å². The Hall–Kier alpha value is -3.92. The van der Waals surface area contributed by atoms with Crippen LogP contribution in [0.1, 0.15) is 11.1 Å². The van der Waals surface area contributed by atoms with Crippen LogP contribution < -0.4 is 4.90 Å². The van der Waals surface area contributed by atoms with E-state index in [2.05, 4.69) is 115 Å². The molecular weight excluding hydrogens is 430 g/mol. The van der Waals surface area contributed by atoms with Crippen molar-refractivity contribution in [3.05, 3.63) is 140 Å². The highest BCUT2D eigenvalue weighted by atomic mass is 16.5. The molecule has 0 radical (unpaired) electrons. The molecule has 0 saturated carbocycles. The van der Waals surface area contributed by atoms with Crippen molar-refractivity contribution >= 4 is 17.1 Å². The third kappa shape index (κ3) is 6.57. The Morgan fingerprint density at radius 1 is 0.514 bits per heavy atom. The number of hydrogen-bond donors (Lipinski definition) is 0. The molecule has 4 aromatic carbocycles. The van der Waals surface area contributed by atoms with E-state index in [-0.39, 0.29) is 0 Å². The summed E-state index contributed by atoms with van der Waals surface area (Å²) in [6.45, 7) is 9.64. The Morgan fingerprint density at radius 3 is 1.34 bits per heavy atom. The summed E-state index contributed by atoms with van der Waals surface area (Å²) >= 11 is 0. The van der Waals surface area contributed by atoms with Crippen LogP contribution in [0.3, 0.4) is 0 Å². The minimum atomic E-state index is 0.546. The molecule has 4 rings (SSSR count). The molecule has 176 valence electrons. The van der Waals surface area contributed by atoms with Crippen LogP contribution in [0.2, 0.25) is 0 Å². The quantitative estimate of drug-likeness (QED) is 0.157. The first kappa shape index (κ1) is 24.2. The molecule has 0 aliphatic heterocycles. The Bertz CT molecular complexity index is 1140. The van der Waals surface area contributed by atoms with Gasteiger partial charge >= 0.3 is 0 Å². The van der Waals surface area contributed by atoms with Crippen LogP contribution in [0.15, 0.2) is 128 Å². The van der Waals surface area contributed by atoms with Gasteiger partial charge in [-0.2, -0.15) is 0 Å². The monoisotopic (exact) mass is 461 g/mol. The van der Waals surface area contributed by atoms with E-state index in [1.165, 1.54) is 11.1 Å². The summed E-state index contributed by atoms with van der Waals surface area (Å²) in [5, 5.41) is 0. The highest BCUT2D eigenvalue weighted by Crippen LogP contribution is 2.36. The zero-order valence-electron chi connectivity index (χ0n) is 20.0. The SMILES string of the molecule is C=CCOCc1ccc(N(c2ccc(COCC=C)cc2)c2ccc(-c3ccccc3)cc2)cc1. The Kier molecular flexibility index (Phi) is 8.66. The summed E-state index contributed by atoms with van der Waals surface area (Å²) in [6, 6.07) is 36.1. The summed E-state index contributed by atoms with van der Waals surface area (Å²) in [7, 11) is 0. The molecule has 0 aliphatic rings. The molecule has 0 bridgehead atoms. The predicted octanol–water partition coefficient (Wildman–Crippen LogP) is 8.23. The first-order valence-corrected chi connectivity index (χ1v) is 11.8. The van der Waals surface area contributed by atoms with Crippen LogP contribution in [-0.4, -0.2) is 13.2 Å². The van der Waals surface area contributed by atoms with Crippen LogP contribution in [0.4, 0.5) is 17.1 Å². The van der Waals surface area contributed by atoms with Crippen LogP contribution >= 0.6 is 0 Å². The zero-order valence-corrected chi connectivity index (χ0v) is 20.0. The normalized spacial score (nSPS) is 10.6. The molecule has 0 amide bonds. The lowest BCUT2D eigenvalue weighted by Gasteiger charge is -2.26. The van der Waals surface area contributed by atoms with E-state index in [1.54, 1.807) is 12.2 Å². The summed E-state index contributed by atoms with van der Waals surface area (Å²) in [5.41, 5.74) is 7.92. The first-order chi connectivity index (χ1) is 17.3. The number of benzene rings is 4. The van der Waals surface area contributed by atoms with Crippen molar-refractivity contribution in [2.24, 2.45) is 0 Å². The van der Waals surface area contributed by atoms with Crippen molar-refractivity contribution in [3.8, 4) is 11.1 Å². The van der Waals surface area contributed by atoms with Gasteiger partial charge in [0.15, 0.2) is 0 Å². The molecular formula is C32H31NO2. The van der Waals surface area contributed by atoms with E-state index in [4.69, 9.17) is 9.47 Å². The molecule has 3 nitrogen and oxygen atoms in total. The third-order valence-corrected chi connectivity index (χ3v) is 5.63. The second-order valence-electron chi connectivity index (χ2n) is 8.19.